The van der Waals surface area contributed by atoms with Crippen LogP contribution in [0.5, 0.6) is 0 Å². The van der Waals surface area contributed by atoms with Crippen LogP contribution in [-0.2, 0) is 22.0 Å². The number of aliphatic carboxylic acids is 1. The third kappa shape index (κ3) is 1.51. The predicted octanol–water partition coefficient (Wildman–Crippen LogP) is 0.891. The molecule has 19 heavy (non-hydrogen) atoms. The van der Waals surface area contributed by atoms with Crippen LogP contribution in [0.4, 0.5) is 0 Å². The fraction of sp³-hybridized carbons (Fsp3) is 0.286. The van der Waals surface area contributed by atoms with Gasteiger partial charge >= 0.3 is 5.97 Å². The van der Waals surface area contributed by atoms with Crippen molar-refractivity contribution in [2.24, 2.45) is 7.05 Å². The highest BCUT2D eigenvalue weighted by Gasteiger charge is 2.50. The van der Waals surface area contributed by atoms with Gasteiger partial charge in [-0.1, -0.05) is 18.2 Å². The van der Waals surface area contributed by atoms with Crippen LogP contribution in [0.1, 0.15) is 5.56 Å². The summed E-state index contributed by atoms with van der Waals surface area (Å²) in [6, 6.07) is 9.09. The summed E-state index contributed by atoms with van der Waals surface area (Å²) in [4.78, 5) is 23.8. The highest BCUT2D eigenvalue weighted by Crippen LogP contribution is 2.32. The lowest BCUT2D eigenvalue weighted by molar-refractivity contribution is -0.163. The summed E-state index contributed by atoms with van der Waals surface area (Å²) in [6.07, 6.45) is 0. The van der Waals surface area contributed by atoms with Crippen molar-refractivity contribution in [3.05, 3.63) is 46.2 Å². The molecule has 1 fully saturated rings. The summed E-state index contributed by atoms with van der Waals surface area (Å²) in [5, 5.41) is 10.3. The molecule has 0 aliphatic carbocycles. The van der Waals surface area contributed by atoms with E-state index in [9.17, 15) is 14.7 Å². The number of benzene rings is 1. The molecule has 0 atom stereocenters. The van der Waals surface area contributed by atoms with Gasteiger partial charge in [0.1, 0.15) is 5.41 Å². The van der Waals surface area contributed by atoms with E-state index in [0.29, 0.717) is 5.56 Å². The van der Waals surface area contributed by atoms with Gasteiger partial charge in [-0.15, -0.1) is 0 Å². The van der Waals surface area contributed by atoms with Gasteiger partial charge in [0.15, 0.2) is 0 Å². The predicted molar refractivity (Wildman–Crippen MR) is 69.3 cm³/mol. The van der Waals surface area contributed by atoms with Gasteiger partial charge in [-0.3, -0.25) is 9.59 Å². The summed E-state index contributed by atoms with van der Waals surface area (Å²) < 4.78 is 6.53. The van der Waals surface area contributed by atoms with Crippen molar-refractivity contribution in [3.63, 3.8) is 0 Å². The molecule has 5 nitrogen and oxygen atoms in total. The number of carboxylic acids is 1. The van der Waals surface area contributed by atoms with E-state index in [0.717, 1.165) is 10.9 Å². The first-order chi connectivity index (χ1) is 9.06. The summed E-state index contributed by atoms with van der Waals surface area (Å²) in [5.74, 6) is -1.01. The third-order valence-electron chi connectivity index (χ3n) is 3.75. The molecule has 2 heterocycles. The van der Waals surface area contributed by atoms with E-state index in [-0.39, 0.29) is 18.8 Å². The van der Waals surface area contributed by atoms with Crippen LogP contribution in [0.25, 0.3) is 10.9 Å². The lowest BCUT2D eigenvalue weighted by Crippen LogP contribution is -2.56. The zero-order valence-electron chi connectivity index (χ0n) is 10.4. The number of nitrogens with zero attached hydrogens (tertiary/aromatic N) is 1. The van der Waals surface area contributed by atoms with Crippen LogP contribution in [-0.4, -0.2) is 28.9 Å². The molecule has 1 aliphatic rings. The minimum absolute atomic E-state index is 0.0515. The number of para-hydroxylation sites is 1. The smallest absolute Gasteiger partial charge is 0.319 e. The molecule has 0 spiro atoms. The minimum Gasteiger partial charge on any atom is -0.480 e. The molecule has 0 unspecified atom stereocenters. The maximum Gasteiger partial charge on any atom is 0.319 e. The maximum atomic E-state index is 12.4. The van der Waals surface area contributed by atoms with Gasteiger partial charge in [0.2, 0.25) is 0 Å². The first kappa shape index (κ1) is 11.9. The number of carboxylic acid groups (broad SMARTS) is 1. The number of aryl methyl sites for hydroxylation is 1. The van der Waals surface area contributed by atoms with Crippen molar-refractivity contribution in [1.82, 2.24) is 4.57 Å². The van der Waals surface area contributed by atoms with Crippen LogP contribution in [0.2, 0.25) is 0 Å². The number of aromatic nitrogens is 1. The summed E-state index contributed by atoms with van der Waals surface area (Å²) in [6.45, 7) is 0.103. The molecule has 1 aromatic carbocycles. The molecule has 1 N–H and O–H groups in total. The van der Waals surface area contributed by atoms with Gasteiger partial charge in [-0.2, -0.15) is 0 Å². The molecule has 0 radical (unpaired) electrons. The van der Waals surface area contributed by atoms with Gasteiger partial charge in [-0.05, 0) is 17.5 Å². The first-order valence-corrected chi connectivity index (χ1v) is 5.97. The molecule has 2 aromatic rings. The number of pyridine rings is 1. The Balaban J connectivity index is 2.34. The van der Waals surface area contributed by atoms with Crippen LogP contribution < -0.4 is 5.56 Å². The molecule has 1 aliphatic heterocycles. The standard InChI is InChI=1S/C14H13NO4/c1-15-11-5-3-2-4-9(11)6-10(12(15)16)14(13(17)18)7-19-8-14/h2-6H,7-8H2,1H3,(H,17,18). The third-order valence-corrected chi connectivity index (χ3v) is 3.75. The Bertz CT molecular complexity index is 728. The lowest BCUT2D eigenvalue weighted by atomic mass is 9.79. The van der Waals surface area contributed by atoms with E-state index in [4.69, 9.17) is 4.74 Å². The molecular formula is C14H13NO4. The second-order valence-electron chi connectivity index (χ2n) is 4.86. The highest BCUT2D eigenvalue weighted by atomic mass is 16.5. The Kier molecular flexibility index (Phi) is 2.46. The van der Waals surface area contributed by atoms with Gasteiger partial charge in [0, 0.05) is 12.6 Å². The number of hydrogen-bond donors (Lipinski definition) is 1. The van der Waals surface area contributed by atoms with Crippen molar-refractivity contribution < 1.29 is 14.6 Å². The zero-order valence-corrected chi connectivity index (χ0v) is 10.4. The maximum absolute atomic E-state index is 12.4. The quantitative estimate of drug-likeness (QED) is 0.869. The van der Waals surface area contributed by atoms with E-state index in [1.807, 2.05) is 24.3 Å². The second kappa shape index (κ2) is 3.93. The Labute approximate surface area is 109 Å². The molecule has 0 amide bonds. The van der Waals surface area contributed by atoms with Gasteiger partial charge in [0.05, 0.1) is 18.7 Å². The molecule has 0 saturated carbocycles. The molecule has 98 valence electrons. The van der Waals surface area contributed by atoms with Gasteiger partial charge in [-0.25, -0.2) is 0 Å². The molecular weight excluding hydrogens is 246 g/mol. The largest absolute Gasteiger partial charge is 0.480 e. The highest BCUT2D eigenvalue weighted by molar-refractivity contribution is 5.86. The normalized spacial score (nSPS) is 17.1. The van der Waals surface area contributed by atoms with Gasteiger partial charge in [0.25, 0.3) is 5.56 Å². The fourth-order valence-electron chi connectivity index (χ4n) is 2.47. The molecule has 0 bridgehead atoms. The van der Waals surface area contributed by atoms with E-state index in [1.54, 1.807) is 13.1 Å². The lowest BCUT2D eigenvalue weighted by Gasteiger charge is -2.37. The summed E-state index contributed by atoms with van der Waals surface area (Å²) >= 11 is 0. The Hall–Kier alpha value is -2.14. The van der Waals surface area contributed by atoms with Crippen molar-refractivity contribution in [3.8, 4) is 0 Å². The molecule has 3 rings (SSSR count). The summed E-state index contributed by atoms with van der Waals surface area (Å²) in [7, 11) is 1.66. The number of ether oxygens (including phenoxy) is 1. The second-order valence-corrected chi connectivity index (χ2v) is 4.86. The van der Waals surface area contributed by atoms with Crippen molar-refractivity contribution in [2.45, 2.75) is 5.41 Å². The molecule has 1 aromatic heterocycles. The average Bonchev–Trinajstić information content (AvgIpc) is 2.33. The minimum atomic E-state index is -1.20. The summed E-state index contributed by atoms with van der Waals surface area (Å²) in [5.41, 5.74) is -0.382. The van der Waals surface area contributed by atoms with Crippen molar-refractivity contribution in [1.29, 1.82) is 0 Å². The van der Waals surface area contributed by atoms with Crippen LogP contribution in [0.15, 0.2) is 35.1 Å². The average molecular weight is 259 g/mol. The van der Waals surface area contributed by atoms with Crippen LogP contribution >= 0.6 is 0 Å². The number of fused-ring (bicyclic) bond motifs is 1. The Morgan fingerprint density at radius 2 is 2.05 bits per heavy atom. The Morgan fingerprint density at radius 3 is 2.63 bits per heavy atom. The zero-order chi connectivity index (χ0) is 13.6. The Morgan fingerprint density at radius 1 is 1.37 bits per heavy atom. The number of hydrogen-bond acceptors (Lipinski definition) is 3. The van der Waals surface area contributed by atoms with E-state index in [1.165, 1.54) is 4.57 Å². The number of rotatable bonds is 2. The van der Waals surface area contributed by atoms with E-state index >= 15 is 0 Å². The van der Waals surface area contributed by atoms with Gasteiger partial charge < -0.3 is 14.4 Å². The first-order valence-electron chi connectivity index (χ1n) is 5.97. The molecule has 1 saturated heterocycles. The molecule has 5 heteroatoms. The van der Waals surface area contributed by atoms with Crippen LogP contribution in [0.3, 0.4) is 0 Å². The SMILES string of the molecule is Cn1c(=O)c(C2(C(=O)O)COC2)cc2ccccc21. The topological polar surface area (TPSA) is 68.5 Å². The fourth-order valence-corrected chi connectivity index (χ4v) is 2.47. The van der Waals surface area contributed by atoms with Crippen molar-refractivity contribution in [2.75, 3.05) is 13.2 Å². The van der Waals surface area contributed by atoms with Crippen LogP contribution in [0, 0.1) is 0 Å². The van der Waals surface area contributed by atoms with Crippen molar-refractivity contribution >= 4 is 16.9 Å². The van der Waals surface area contributed by atoms with E-state index in [2.05, 4.69) is 0 Å². The van der Waals surface area contributed by atoms with E-state index < -0.39 is 11.4 Å². The number of carbonyl (C=O) groups is 1. The monoisotopic (exact) mass is 259 g/mol.